The molecule has 1 spiro atoms. The maximum absolute atomic E-state index is 14.7. The molecular formula is C22H20F2N4O3. The summed E-state index contributed by atoms with van der Waals surface area (Å²) >= 11 is 0. The third-order valence-corrected chi connectivity index (χ3v) is 5.92. The molecule has 9 heteroatoms. The number of pyridine rings is 1. The van der Waals surface area contributed by atoms with E-state index in [4.69, 9.17) is 9.47 Å². The second-order valence-corrected chi connectivity index (χ2v) is 7.69. The molecule has 0 aliphatic carbocycles. The van der Waals surface area contributed by atoms with Crippen molar-refractivity contribution in [3.63, 3.8) is 0 Å². The molecule has 0 unspecified atom stereocenters. The molecule has 3 N–H and O–H groups in total. The third-order valence-electron chi connectivity index (χ3n) is 5.92. The van der Waals surface area contributed by atoms with Gasteiger partial charge >= 0.3 is 0 Å². The summed E-state index contributed by atoms with van der Waals surface area (Å²) in [6.45, 7) is 1.41. The Morgan fingerprint density at radius 2 is 2.13 bits per heavy atom. The first-order chi connectivity index (χ1) is 15.0. The van der Waals surface area contributed by atoms with Crippen LogP contribution in [0.25, 0.3) is 11.3 Å². The number of nitrogens with zero attached hydrogens (tertiary/aromatic N) is 1. The van der Waals surface area contributed by atoms with Crippen molar-refractivity contribution in [1.29, 1.82) is 0 Å². The predicted molar refractivity (Wildman–Crippen MR) is 110 cm³/mol. The van der Waals surface area contributed by atoms with Crippen molar-refractivity contribution in [3.8, 4) is 17.0 Å². The average molecular weight is 426 g/mol. The lowest BCUT2D eigenvalue weighted by Crippen LogP contribution is -2.47. The summed E-state index contributed by atoms with van der Waals surface area (Å²) in [4.78, 5) is 20.1. The van der Waals surface area contributed by atoms with Gasteiger partial charge in [0, 0.05) is 30.6 Å². The van der Waals surface area contributed by atoms with Gasteiger partial charge in [0.15, 0.2) is 17.4 Å². The number of amides is 1. The van der Waals surface area contributed by atoms with Crippen molar-refractivity contribution in [2.24, 2.45) is 0 Å². The summed E-state index contributed by atoms with van der Waals surface area (Å²) in [7, 11) is 1.36. The number of aromatic nitrogens is 2. The van der Waals surface area contributed by atoms with Gasteiger partial charge in [-0.05, 0) is 24.6 Å². The topological polar surface area (TPSA) is 88.3 Å². The van der Waals surface area contributed by atoms with Crippen LogP contribution in [-0.2, 0) is 10.2 Å². The molecule has 7 nitrogen and oxygen atoms in total. The maximum Gasteiger partial charge on any atom is 0.255 e. The number of hydrogen-bond donors (Lipinski definition) is 3. The Labute approximate surface area is 176 Å². The lowest BCUT2D eigenvalue weighted by Gasteiger charge is -2.32. The van der Waals surface area contributed by atoms with E-state index >= 15 is 0 Å². The zero-order chi connectivity index (χ0) is 21.6. The fraction of sp³-hybridized carbons (Fsp3) is 0.273. The average Bonchev–Trinajstić information content (AvgIpc) is 3.38. The second-order valence-electron chi connectivity index (χ2n) is 7.69. The molecule has 4 heterocycles. The number of fused-ring (bicyclic) bond motifs is 2. The van der Waals surface area contributed by atoms with Crippen molar-refractivity contribution in [2.75, 3.05) is 32.2 Å². The number of rotatable bonds is 4. The van der Waals surface area contributed by atoms with Gasteiger partial charge in [-0.3, -0.25) is 9.78 Å². The van der Waals surface area contributed by atoms with Crippen LogP contribution in [0.15, 0.2) is 36.7 Å². The molecule has 1 saturated heterocycles. The monoisotopic (exact) mass is 426 g/mol. The van der Waals surface area contributed by atoms with Gasteiger partial charge in [0.05, 0.1) is 48.0 Å². The highest BCUT2D eigenvalue weighted by atomic mass is 19.1. The first kappa shape index (κ1) is 19.5. The Kier molecular flexibility index (Phi) is 4.62. The van der Waals surface area contributed by atoms with Crippen molar-refractivity contribution in [1.82, 2.24) is 15.3 Å². The Bertz CT molecular complexity index is 1170. The zero-order valence-electron chi connectivity index (χ0n) is 16.7. The van der Waals surface area contributed by atoms with E-state index in [1.54, 1.807) is 6.07 Å². The van der Waals surface area contributed by atoms with Crippen LogP contribution >= 0.6 is 0 Å². The molecular weight excluding hydrogens is 406 g/mol. The number of aromatic amines is 1. The highest BCUT2D eigenvalue weighted by Crippen LogP contribution is 2.45. The molecule has 0 saturated carbocycles. The normalized spacial score (nSPS) is 19.9. The number of methoxy groups -OCH3 is 1. The lowest BCUT2D eigenvalue weighted by atomic mass is 9.79. The van der Waals surface area contributed by atoms with Crippen LogP contribution in [-0.4, -0.2) is 42.7 Å². The van der Waals surface area contributed by atoms with E-state index in [9.17, 15) is 13.6 Å². The molecule has 2 aliphatic heterocycles. The van der Waals surface area contributed by atoms with Crippen LogP contribution < -0.4 is 15.4 Å². The number of anilines is 2. The predicted octanol–water partition coefficient (Wildman–Crippen LogP) is 3.51. The van der Waals surface area contributed by atoms with E-state index in [0.29, 0.717) is 54.5 Å². The maximum atomic E-state index is 14.7. The van der Waals surface area contributed by atoms with E-state index in [-0.39, 0.29) is 17.2 Å². The molecule has 160 valence electrons. The molecule has 1 atom stereocenters. The Morgan fingerprint density at radius 1 is 1.26 bits per heavy atom. The molecule has 0 radical (unpaired) electrons. The van der Waals surface area contributed by atoms with Gasteiger partial charge in [0.1, 0.15) is 0 Å². The highest BCUT2D eigenvalue weighted by molar-refractivity contribution is 6.07. The van der Waals surface area contributed by atoms with Crippen LogP contribution in [0.5, 0.6) is 5.75 Å². The minimum atomic E-state index is -0.557. The number of para-hydroxylation sites is 1. The summed E-state index contributed by atoms with van der Waals surface area (Å²) in [6.07, 6.45) is 3.29. The molecule has 0 bridgehead atoms. The number of hydrogen-bond acceptors (Lipinski definition) is 5. The summed E-state index contributed by atoms with van der Waals surface area (Å²) in [5.74, 6) is -1.41. The van der Waals surface area contributed by atoms with Gasteiger partial charge in [-0.2, -0.15) is 0 Å². The molecule has 1 aromatic carbocycles. The standard InChI is InChI=1S/C22H20F2N4O3/c1-30-19-13(23)3-2-4-15(19)27-18-16-20(22(6-8-31-11-22)10-26-21(16)29)28-17(18)12-5-7-25-9-14(12)24/h2-5,7,9,27-28H,6,8,10-11H2,1H3,(H,26,29)/t22-/m1/s1. The number of halogens is 2. The van der Waals surface area contributed by atoms with Crippen molar-refractivity contribution < 1.29 is 23.0 Å². The van der Waals surface area contributed by atoms with Gasteiger partial charge in [0.2, 0.25) is 0 Å². The van der Waals surface area contributed by atoms with Gasteiger partial charge in [-0.1, -0.05) is 6.07 Å². The first-order valence-corrected chi connectivity index (χ1v) is 9.86. The SMILES string of the molecule is COc1c(F)cccc1Nc1c(-c2ccncc2F)[nH]c2c1C(=O)NC[C@@]21CCOC1. The van der Waals surface area contributed by atoms with Crippen LogP contribution in [0.4, 0.5) is 20.2 Å². The highest BCUT2D eigenvalue weighted by Gasteiger charge is 2.46. The summed E-state index contributed by atoms with van der Waals surface area (Å²) in [5, 5.41) is 6.04. The van der Waals surface area contributed by atoms with E-state index < -0.39 is 17.0 Å². The fourth-order valence-corrected chi connectivity index (χ4v) is 4.35. The summed E-state index contributed by atoms with van der Waals surface area (Å²) in [6, 6.07) is 5.95. The van der Waals surface area contributed by atoms with Crippen LogP contribution in [0.2, 0.25) is 0 Å². The quantitative estimate of drug-likeness (QED) is 0.594. The second kappa shape index (κ2) is 7.35. The fourth-order valence-electron chi connectivity index (χ4n) is 4.35. The zero-order valence-corrected chi connectivity index (χ0v) is 16.7. The molecule has 2 aliphatic rings. The summed E-state index contributed by atoms with van der Waals surface area (Å²) in [5.41, 5.74) is 1.87. The molecule has 3 aromatic rings. The van der Waals surface area contributed by atoms with E-state index in [0.717, 1.165) is 6.20 Å². The Morgan fingerprint density at radius 3 is 2.87 bits per heavy atom. The first-order valence-electron chi connectivity index (χ1n) is 9.86. The van der Waals surface area contributed by atoms with Crippen LogP contribution in [0.3, 0.4) is 0 Å². The minimum absolute atomic E-state index is 0.00580. The van der Waals surface area contributed by atoms with Crippen molar-refractivity contribution in [3.05, 3.63) is 59.6 Å². The molecule has 31 heavy (non-hydrogen) atoms. The largest absolute Gasteiger partial charge is 0.492 e. The number of ether oxygens (including phenoxy) is 2. The number of nitrogens with one attached hydrogen (secondary N) is 3. The number of carbonyl (C=O) groups is 1. The smallest absolute Gasteiger partial charge is 0.255 e. The van der Waals surface area contributed by atoms with Gasteiger partial charge in [0.25, 0.3) is 5.91 Å². The molecule has 1 amide bonds. The van der Waals surface area contributed by atoms with E-state index in [1.165, 1.54) is 31.5 Å². The third kappa shape index (κ3) is 3.04. The number of carbonyl (C=O) groups excluding carboxylic acids is 1. The van der Waals surface area contributed by atoms with Gasteiger partial charge in [-0.25, -0.2) is 8.78 Å². The number of benzene rings is 1. The Balaban J connectivity index is 1.75. The van der Waals surface area contributed by atoms with Crippen molar-refractivity contribution in [2.45, 2.75) is 11.8 Å². The Hall–Kier alpha value is -3.46. The van der Waals surface area contributed by atoms with Crippen LogP contribution in [0.1, 0.15) is 22.5 Å². The lowest BCUT2D eigenvalue weighted by molar-refractivity contribution is 0.0917. The molecule has 1 fully saturated rings. The van der Waals surface area contributed by atoms with E-state index in [1.807, 2.05) is 0 Å². The van der Waals surface area contributed by atoms with Crippen molar-refractivity contribution >= 4 is 17.3 Å². The van der Waals surface area contributed by atoms with E-state index in [2.05, 4.69) is 20.6 Å². The number of H-pyrrole nitrogens is 1. The van der Waals surface area contributed by atoms with Gasteiger partial charge < -0.3 is 25.1 Å². The molecule has 2 aromatic heterocycles. The molecule has 5 rings (SSSR count). The minimum Gasteiger partial charge on any atom is -0.492 e. The summed E-state index contributed by atoms with van der Waals surface area (Å²) < 4.78 is 39.8. The van der Waals surface area contributed by atoms with Crippen LogP contribution in [0, 0.1) is 11.6 Å². The van der Waals surface area contributed by atoms with Gasteiger partial charge in [-0.15, -0.1) is 0 Å².